The molecule has 0 aromatic rings. The molecule has 0 heteroatoms. The monoisotopic (exact) mass is 232 g/mol. The van der Waals surface area contributed by atoms with Crippen molar-refractivity contribution in [2.75, 3.05) is 0 Å². The van der Waals surface area contributed by atoms with E-state index in [1.165, 1.54) is 44.9 Å². The molecule has 0 aliphatic heterocycles. The minimum Gasteiger partial charge on any atom is -0.0882 e. The van der Waals surface area contributed by atoms with Gasteiger partial charge in [0.05, 0.1) is 0 Å². The smallest absolute Gasteiger partial charge is 0.0202 e. The predicted molar refractivity (Wildman–Crippen MR) is 73.8 cm³/mol. The summed E-state index contributed by atoms with van der Waals surface area (Å²) in [5.74, 6) is 5.19. The molecule has 0 heterocycles. The molecule has 0 aromatic heterocycles. The molecule has 2 fully saturated rings. The normalized spacial score (nSPS) is 46.5. The molecule has 3 rings (SSSR count). The Morgan fingerprint density at radius 3 is 2.65 bits per heavy atom. The first kappa shape index (κ1) is 11.8. The Balaban J connectivity index is 1.70. The third kappa shape index (κ3) is 2.46. The van der Waals surface area contributed by atoms with Crippen LogP contribution in [-0.4, -0.2) is 0 Å². The fourth-order valence-corrected chi connectivity index (χ4v) is 5.02. The van der Waals surface area contributed by atoms with Gasteiger partial charge in [-0.3, -0.25) is 0 Å². The molecule has 0 radical (unpaired) electrons. The Morgan fingerprint density at radius 2 is 1.76 bits per heavy atom. The highest BCUT2D eigenvalue weighted by atomic mass is 14.4. The van der Waals surface area contributed by atoms with E-state index in [4.69, 9.17) is 0 Å². The second kappa shape index (κ2) is 5.16. The lowest BCUT2D eigenvalue weighted by Gasteiger charge is -2.45. The lowest BCUT2D eigenvalue weighted by molar-refractivity contribution is 0.0766. The van der Waals surface area contributed by atoms with Crippen LogP contribution in [0.25, 0.3) is 0 Å². The maximum absolute atomic E-state index is 2.56. The van der Waals surface area contributed by atoms with Crippen LogP contribution in [0.4, 0.5) is 0 Å². The minimum absolute atomic E-state index is 0.958. The topological polar surface area (TPSA) is 0 Å². The fraction of sp³-hybridized carbons (Fsp3) is 0.882. The van der Waals surface area contributed by atoms with E-state index in [1.54, 1.807) is 12.8 Å². The second-order valence-corrected chi connectivity index (χ2v) is 6.96. The van der Waals surface area contributed by atoms with Gasteiger partial charge in [0.15, 0.2) is 0 Å². The first-order valence-corrected chi connectivity index (χ1v) is 8.01. The summed E-state index contributed by atoms with van der Waals surface area (Å²) >= 11 is 0. The Bertz CT molecular complexity index is 278. The van der Waals surface area contributed by atoms with E-state index in [0.717, 1.165) is 29.6 Å². The second-order valence-electron chi connectivity index (χ2n) is 6.96. The zero-order valence-corrected chi connectivity index (χ0v) is 11.4. The molecule has 2 saturated carbocycles. The quantitative estimate of drug-likeness (QED) is 0.545. The molecule has 0 amide bonds. The summed E-state index contributed by atoms with van der Waals surface area (Å²) in [6.07, 6.45) is 18.5. The van der Waals surface area contributed by atoms with E-state index >= 15 is 0 Å². The van der Waals surface area contributed by atoms with E-state index in [2.05, 4.69) is 19.1 Å². The number of rotatable bonds is 1. The van der Waals surface area contributed by atoms with Crippen molar-refractivity contribution in [2.24, 2.45) is 29.6 Å². The molecular formula is C17H28. The molecule has 3 aliphatic carbocycles. The lowest BCUT2D eigenvalue weighted by Crippen LogP contribution is -2.35. The van der Waals surface area contributed by atoms with Crippen LogP contribution in [0.1, 0.15) is 64.7 Å². The molecule has 17 heavy (non-hydrogen) atoms. The summed E-state index contributed by atoms with van der Waals surface area (Å²) < 4.78 is 0. The number of hydrogen-bond donors (Lipinski definition) is 0. The maximum Gasteiger partial charge on any atom is -0.0202 e. The molecular weight excluding hydrogens is 204 g/mol. The van der Waals surface area contributed by atoms with E-state index in [0.29, 0.717) is 0 Å². The number of hydrogen-bond acceptors (Lipinski definition) is 0. The van der Waals surface area contributed by atoms with E-state index in [1.807, 2.05) is 0 Å². The van der Waals surface area contributed by atoms with Crippen LogP contribution in [0, 0.1) is 29.6 Å². The third-order valence-electron chi connectivity index (χ3n) is 5.81. The van der Waals surface area contributed by atoms with Gasteiger partial charge in [0.1, 0.15) is 0 Å². The van der Waals surface area contributed by atoms with Crippen LogP contribution in [0.15, 0.2) is 12.2 Å². The molecule has 0 spiro atoms. The van der Waals surface area contributed by atoms with Gasteiger partial charge in [-0.1, -0.05) is 44.8 Å². The summed E-state index contributed by atoms with van der Waals surface area (Å²) in [5.41, 5.74) is 0. The van der Waals surface area contributed by atoms with Crippen molar-refractivity contribution in [3.8, 4) is 0 Å². The van der Waals surface area contributed by atoms with E-state index < -0.39 is 0 Å². The van der Waals surface area contributed by atoms with Crippen molar-refractivity contribution in [1.29, 1.82) is 0 Å². The van der Waals surface area contributed by atoms with Crippen molar-refractivity contribution in [3.05, 3.63) is 12.2 Å². The summed E-state index contributed by atoms with van der Waals surface area (Å²) in [7, 11) is 0. The number of fused-ring (bicyclic) bond motifs is 1. The summed E-state index contributed by atoms with van der Waals surface area (Å²) in [6.45, 7) is 2.48. The highest BCUT2D eigenvalue weighted by Crippen LogP contribution is 2.48. The average molecular weight is 232 g/mol. The molecule has 0 aromatic carbocycles. The van der Waals surface area contributed by atoms with Gasteiger partial charge in [-0.05, 0) is 61.7 Å². The molecule has 0 saturated heterocycles. The number of allylic oxidation sites excluding steroid dienone is 2. The van der Waals surface area contributed by atoms with Crippen molar-refractivity contribution in [1.82, 2.24) is 0 Å². The average Bonchev–Trinajstić information content (AvgIpc) is 2.38. The summed E-state index contributed by atoms with van der Waals surface area (Å²) in [6, 6.07) is 0. The zero-order chi connectivity index (χ0) is 11.7. The van der Waals surface area contributed by atoms with Gasteiger partial charge in [-0.15, -0.1) is 0 Å². The Hall–Kier alpha value is -0.260. The van der Waals surface area contributed by atoms with Gasteiger partial charge in [0.2, 0.25) is 0 Å². The third-order valence-corrected chi connectivity index (χ3v) is 5.81. The lowest BCUT2D eigenvalue weighted by atomic mass is 9.61. The first-order valence-electron chi connectivity index (χ1n) is 8.01. The van der Waals surface area contributed by atoms with Crippen LogP contribution in [0.3, 0.4) is 0 Å². The Labute approximate surface area is 107 Å². The highest BCUT2D eigenvalue weighted by Gasteiger charge is 2.38. The van der Waals surface area contributed by atoms with E-state index in [-0.39, 0.29) is 0 Å². The van der Waals surface area contributed by atoms with Crippen LogP contribution in [0.2, 0.25) is 0 Å². The molecule has 5 unspecified atom stereocenters. The molecule has 0 bridgehead atoms. The maximum atomic E-state index is 2.56. The van der Waals surface area contributed by atoms with Crippen molar-refractivity contribution in [2.45, 2.75) is 64.7 Å². The standard InChI is InChI=1S/C17H28/c1-13-6-4-9-15(12-13)17-11-5-8-14-7-2-3-10-16(14)17/h2,7,13-17H,3-6,8-12H2,1H3. The predicted octanol–water partition coefficient (Wildman–Crippen LogP) is 5.20. The molecule has 0 N–H and O–H groups in total. The van der Waals surface area contributed by atoms with Gasteiger partial charge in [-0.2, -0.15) is 0 Å². The Kier molecular flexibility index (Phi) is 3.59. The molecule has 5 atom stereocenters. The summed E-state index contributed by atoms with van der Waals surface area (Å²) in [4.78, 5) is 0. The van der Waals surface area contributed by atoms with Crippen LogP contribution >= 0.6 is 0 Å². The molecule has 3 aliphatic rings. The Morgan fingerprint density at radius 1 is 0.882 bits per heavy atom. The van der Waals surface area contributed by atoms with Crippen molar-refractivity contribution in [3.63, 3.8) is 0 Å². The zero-order valence-electron chi connectivity index (χ0n) is 11.4. The van der Waals surface area contributed by atoms with Crippen LogP contribution in [-0.2, 0) is 0 Å². The van der Waals surface area contributed by atoms with Crippen LogP contribution < -0.4 is 0 Å². The molecule has 96 valence electrons. The van der Waals surface area contributed by atoms with Crippen LogP contribution in [0.5, 0.6) is 0 Å². The van der Waals surface area contributed by atoms with Gasteiger partial charge in [0, 0.05) is 0 Å². The van der Waals surface area contributed by atoms with Gasteiger partial charge in [0.25, 0.3) is 0 Å². The van der Waals surface area contributed by atoms with Gasteiger partial charge >= 0.3 is 0 Å². The summed E-state index contributed by atoms with van der Waals surface area (Å²) in [5, 5.41) is 0. The van der Waals surface area contributed by atoms with E-state index in [9.17, 15) is 0 Å². The first-order chi connectivity index (χ1) is 8.34. The van der Waals surface area contributed by atoms with Gasteiger partial charge < -0.3 is 0 Å². The largest absolute Gasteiger partial charge is 0.0882 e. The fourth-order valence-electron chi connectivity index (χ4n) is 5.02. The highest BCUT2D eigenvalue weighted by molar-refractivity contribution is 5.02. The van der Waals surface area contributed by atoms with Gasteiger partial charge in [-0.25, -0.2) is 0 Å². The van der Waals surface area contributed by atoms with Crippen molar-refractivity contribution >= 4 is 0 Å². The minimum atomic E-state index is 0.958. The van der Waals surface area contributed by atoms with Crippen molar-refractivity contribution < 1.29 is 0 Å². The molecule has 0 nitrogen and oxygen atoms in total. The SMILES string of the molecule is CC1CCCC(C2CCCC3C=CCCC32)C1.